The zero-order valence-corrected chi connectivity index (χ0v) is 11.6. The molecular weight excluding hydrogens is 262 g/mol. The fourth-order valence-electron chi connectivity index (χ4n) is 1.49. The topological polar surface area (TPSA) is 86.0 Å². The SMILES string of the molecule is COc1cc(CNc2cc(N)nc(SC)n2)ccn1. The number of pyridine rings is 1. The van der Waals surface area contributed by atoms with Gasteiger partial charge in [0.1, 0.15) is 11.6 Å². The van der Waals surface area contributed by atoms with Crippen molar-refractivity contribution >= 4 is 23.4 Å². The van der Waals surface area contributed by atoms with E-state index in [1.165, 1.54) is 11.8 Å². The van der Waals surface area contributed by atoms with E-state index >= 15 is 0 Å². The average Bonchev–Trinajstić information content (AvgIpc) is 2.44. The van der Waals surface area contributed by atoms with Gasteiger partial charge in [0.25, 0.3) is 0 Å². The lowest BCUT2D eigenvalue weighted by molar-refractivity contribution is 0.397. The van der Waals surface area contributed by atoms with Crippen LogP contribution in [0.5, 0.6) is 5.88 Å². The molecule has 0 aliphatic heterocycles. The van der Waals surface area contributed by atoms with Crippen LogP contribution in [0, 0.1) is 0 Å². The standard InChI is InChI=1S/C12H15N5OS/c1-18-11-5-8(3-4-14-11)7-15-10-6-9(13)16-12(17-10)19-2/h3-6H,7H2,1-2H3,(H3,13,15,16,17). The third kappa shape index (κ3) is 3.72. The van der Waals surface area contributed by atoms with E-state index in [1.807, 2.05) is 18.4 Å². The molecule has 100 valence electrons. The molecule has 2 rings (SSSR count). The Hall–Kier alpha value is -2.02. The van der Waals surface area contributed by atoms with Crippen molar-refractivity contribution in [1.82, 2.24) is 15.0 Å². The third-order valence-electron chi connectivity index (χ3n) is 2.39. The molecule has 0 bridgehead atoms. The fourth-order valence-corrected chi connectivity index (χ4v) is 1.88. The predicted octanol–water partition coefficient (Wildman–Crippen LogP) is 1.80. The highest BCUT2D eigenvalue weighted by Gasteiger charge is 2.02. The second kappa shape index (κ2) is 6.24. The van der Waals surface area contributed by atoms with Crippen LogP contribution in [0.15, 0.2) is 29.6 Å². The number of nitrogens with one attached hydrogen (secondary N) is 1. The monoisotopic (exact) mass is 277 g/mol. The van der Waals surface area contributed by atoms with E-state index in [0.717, 1.165) is 5.56 Å². The fraction of sp³-hybridized carbons (Fsp3) is 0.250. The second-order valence-electron chi connectivity index (χ2n) is 3.72. The molecule has 19 heavy (non-hydrogen) atoms. The van der Waals surface area contributed by atoms with Gasteiger partial charge in [-0.1, -0.05) is 11.8 Å². The van der Waals surface area contributed by atoms with Gasteiger partial charge in [0, 0.05) is 24.9 Å². The zero-order chi connectivity index (χ0) is 13.7. The number of ether oxygens (including phenoxy) is 1. The summed E-state index contributed by atoms with van der Waals surface area (Å²) >= 11 is 1.45. The third-order valence-corrected chi connectivity index (χ3v) is 2.94. The van der Waals surface area contributed by atoms with Crippen molar-refractivity contribution in [2.45, 2.75) is 11.7 Å². The minimum Gasteiger partial charge on any atom is -0.481 e. The summed E-state index contributed by atoms with van der Waals surface area (Å²) in [6.07, 6.45) is 3.61. The van der Waals surface area contributed by atoms with Crippen LogP contribution in [-0.2, 0) is 6.54 Å². The molecule has 0 radical (unpaired) electrons. The van der Waals surface area contributed by atoms with Crippen molar-refractivity contribution in [2.75, 3.05) is 24.4 Å². The van der Waals surface area contributed by atoms with E-state index < -0.39 is 0 Å². The first-order valence-corrected chi connectivity index (χ1v) is 6.85. The Bertz CT molecular complexity index is 564. The van der Waals surface area contributed by atoms with Gasteiger partial charge >= 0.3 is 0 Å². The van der Waals surface area contributed by atoms with Crippen LogP contribution in [0.1, 0.15) is 5.56 Å². The van der Waals surface area contributed by atoms with Gasteiger partial charge in [0.15, 0.2) is 5.16 Å². The van der Waals surface area contributed by atoms with Gasteiger partial charge in [-0.3, -0.25) is 0 Å². The number of hydrogen-bond acceptors (Lipinski definition) is 7. The van der Waals surface area contributed by atoms with Crippen molar-refractivity contribution < 1.29 is 4.74 Å². The molecule has 0 aliphatic carbocycles. The highest BCUT2D eigenvalue weighted by atomic mass is 32.2. The Kier molecular flexibility index (Phi) is 4.40. The van der Waals surface area contributed by atoms with E-state index in [0.29, 0.717) is 29.2 Å². The van der Waals surface area contributed by atoms with E-state index in [9.17, 15) is 0 Å². The first-order valence-electron chi connectivity index (χ1n) is 5.62. The minimum absolute atomic E-state index is 0.453. The van der Waals surface area contributed by atoms with Crippen LogP contribution in [0.25, 0.3) is 0 Å². The van der Waals surface area contributed by atoms with Crippen molar-refractivity contribution in [2.24, 2.45) is 0 Å². The van der Waals surface area contributed by atoms with E-state index in [-0.39, 0.29) is 0 Å². The Balaban J connectivity index is 2.07. The number of nitrogen functional groups attached to an aromatic ring is 1. The molecule has 0 saturated carbocycles. The minimum atomic E-state index is 0.453. The summed E-state index contributed by atoms with van der Waals surface area (Å²) in [5.41, 5.74) is 6.77. The lowest BCUT2D eigenvalue weighted by Crippen LogP contribution is -2.04. The highest BCUT2D eigenvalue weighted by Crippen LogP contribution is 2.16. The Labute approximate surface area is 115 Å². The maximum atomic E-state index is 5.72. The molecule has 7 heteroatoms. The van der Waals surface area contributed by atoms with Gasteiger partial charge in [0.05, 0.1) is 7.11 Å². The van der Waals surface area contributed by atoms with Crippen LogP contribution in [0.3, 0.4) is 0 Å². The summed E-state index contributed by atoms with van der Waals surface area (Å²) in [6, 6.07) is 5.49. The van der Waals surface area contributed by atoms with Crippen LogP contribution < -0.4 is 15.8 Å². The molecule has 0 aromatic carbocycles. The molecule has 2 aromatic rings. The first kappa shape index (κ1) is 13.4. The van der Waals surface area contributed by atoms with Crippen molar-refractivity contribution in [3.05, 3.63) is 30.0 Å². The molecule has 0 spiro atoms. The maximum Gasteiger partial charge on any atom is 0.213 e. The van der Waals surface area contributed by atoms with E-state index in [4.69, 9.17) is 10.5 Å². The van der Waals surface area contributed by atoms with Crippen LogP contribution in [0.4, 0.5) is 11.6 Å². The smallest absolute Gasteiger partial charge is 0.213 e. The summed E-state index contributed by atoms with van der Waals surface area (Å²) < 4.78 is 5.07. The van der Waals surface area contributed by atoms with Gasteiger partial charge < -0.3 is 15.8 Å². The van der Waals surface area contributed by atoms with Gasteiger partial charge in [-0.15, -0.1) is 0 Å². The van der Waals surface area contributed by atoms with Gasteiger partial charge in [-0.25, -0.2) is 15.0 Å². The maximum absolute atomic E-state index is 5.72. The van der Waals surface area contributed by atoms with Crippen molar-refractivity contribution in [1.29, 1.82) is 0 Å². The molecule has 0 fully saturated rings. The summed E-state index contributed by atoms with van der Waals surface area (Å²) in [5, 5.41) is 3.85. The molecule has 6 nitrogen and oxygen atoms in total. The average molecular weight is 277 g/mol. The number of nitrogens with two attached hydrogens (primary N) is 1. The molecule has 0 atom stereocenters. The summed E-state index contributed by atoms with van der Waals surface area (Å²) in [7, 11) is 1.59. The number of thioether (sulfide) groups is 1. The molecule has 0 amide bonds. The quantitative estimate of drug-likeness (QED) is 0.636. The lowest BCUT2D eigenvalue weighted by Gasteiger charge is -2.08. The Morgan fingerprint density at radius 3 is 2.95 bits per heavy atom. The number of nitrogens with zero attached hydrogens (tertiary/aromatic N) is 3. The Morgan fingerprint density at radius 1 is 1.37 bits per heavy atom. The largest absolute Gasteiger partial charge is 0.481 e. The number of methoxy groups -OCH3 is 1. The molecule has 0 saturated heterocycles. The molecule has 2 aromatic heterocycles. The molecular formula is C12H15N5OS. The first-order chi connectivity index (χ1) is 9.21. The zero-order valence-electron chi connectivity index (χ0n) is 10.8. The van der Waals surface area contributed by atoms with Crippen LogP contribution in [-0.4, -0.2) is 28.3 Å². The highest BCUT2D eigenvalue weighted by molar-refractivity contribution is 7.98. The molecule has 0 aliphatic rings. The number of rotatable bonds is 5. The summed E-state index contributed by atoms with van der Waals surface area (Å²) in [5.74, 6) is 1.74. The lowest BCUT2D eigenvalue weighted by atomic mass is 10.2. The second-order valence-corrected chi connectivity index (χ2v) is 4.50. The predicted molar refractivity (Wildman–Crippen MR) is 76.3 cm³/mol. The normalized spacial score (nSPS) is 10.2. The Morgan fingerprint density at radius 2 is 2.21 bits per heavy atom. The molecule has 2 heterocycles. The van der Waals surface area contributed by atoms with Crippen LogP contribution in [0.2, 0.25) is 0 Å². The summed E-state index contributed by atoms with van der Waals surface area (Å²) in [6.45, 7) is 0.614. The summed E-state index contributed by atoms with van der Waals surface area (Å²) in [4.78, 5) is 12.5. The van der Waals surface area contributed by atoms with Gasteiger partial charge in [-0.05, 0) is 17.9 Å². The van der Waals surface area contributed by atoms with E-state index in [1.54, 1.807) is 19.4 Å². The number of anilines is 2. The van der Waals surface area contributed by atoms with Crippen molar-refractivity contribution in [3.63, 3.8) is 0 Å². The number of hydrogen-bond donors (Lipinski definition) is 2. The number of aromatic nitrogens is 3. The van der Waals surface area contributed by atoms with Crippen molar-refractivity contribution in [3.8, 4) is 5.88 Å². The molecule has 0 unspecified atom stereocenters. The molecule has 3 N–H and O–H groups in total. The van der Waals surface area contributed by atoms with Crippen LogP contribution >= 0.6 is 11.8 Å². The van der Waals surface area contributed by atoms with Gasteiger partial charge in [-0.2, -0.15) is 0 Å². The van der Waals surface area contributed by atoms with Gasteiger partial charge in [0.2, 0.25) is 5.88 Å². The van der Waals surface area contributed by atoms with E-state index in [2.05, 4.69) is 20.3 Å².